The Hall–Kier alpha value is -3.20. The molecule has 2 aromatic carbocycles. The summed E-state index contributed by atoms with van der Waals surface area (Å²) < 4.78 is 62.1. The summed E-state index contributed by atoms with van der Waals surface area (Å²) >= 11 is 0. The molecule has 3 aromatic rings. The number of anilines is 1. The first kappa shape index (κ1) is 21.0. The Morgan fingerprint density at radius 3 is 2.29 bits per heavy atom. The molecule has 0 atom stereocenters. The SMILES string of the molecule is Cn1nc(-c2ccc(F)cc2F)cc1NC(=O)C1(c2ccc(F)cc2F)CCOCC1. The Morgan fingerprint density at radius 2 is 1.65 bits per heavy atom. The lowest BCUT2D eigenvalue weighted by atomic mass is 9.73. The molecular weight excluding hydrogens is 414 g/mol. The van der Waals surface area contributed by atoms with Gasteiger partial charge in [-0.1, -0.05) is 6.07 Å². The Bertz CT molecular complexity index is 1140. The number of carbonyl (C=O) groups excluding carboxylic acids is 1. The Balaban J connectivity index is 1.68. The van der Waals surface area contributed by atoms with E-state index in [0.717, 1.165) is 24.3 Å². The van der Waals surface area contributed by atoms with Gasteiger partial charge in [-0.3, -0.25) is 9.48 Å². The number of aromatic nitrogens is 2. The van der Waals surface area contributed by atoms with Crippen molar-refractivity contribution in [2.75, 3.05) is 18.5 Å². The van der Waals surface area contributed by atoms with Crippen molar-refractivity contribution in [3.05, 3.63) is 71.3 Å². The predicted octanol–water partition coefficient (Wildman–Crippen LogP) is 4.33. The van der Waals surface area contributed by atoms with E-state index < -0.39 is 34.6 Å². The molecule has 0 radical (unpaired) electrons. The zero-order valence-corrected chi connectivity index (χ0v) is 16.6. The number of hydrogen-bond donors (Lipinski definition) is 1. The summed E-state index contributed by atoms with van der Waals surface area (Å²) in [6.07, 6.45) is 0.414. The molecule has 0 unspecified atom stereocenters. The lowest BCUT2D eigenvalue weighted by Crippen LogP contribution is -2.45. The highest BCUT2D eigenvalue weighted by molar-refractivity contribution is 5.99. The van der Waals surface area contributed by atoms with Crippen molar-refractivity contribution in [1.29, 1.82) is 0 Å². The van der Waals surface area contributed by atoms with Crippen LogP contribution in [0, 0.1) is 23.3 Å². The molecule has 1 fully saturated rings. The molecule has 0 aliphatic carbocycles. The normalized spacial score (nSPS) is 15.6. The van der Waals surface area contributed by atoms with Crippen molar-refractivity contribution in [3.63, 3.8) is 0 Å². The van der Waals surface area contributed by atoms with E-state index in [2.05, 4.69) is 10.4 Å². The number of amides is 1. The van der Waals surface area contributed by atoms with Crippen molar-refractivity contribution in [2.45, 2.75) is 18.3 Å². The minimum Gasteiger partial charge on any atom is -0.381 e. The standard InChI is InChI=1S/C22H19F4N3O2/c1-29-20(12-19(28-29)15-4-2-13(23)10-17(15)25)27-21(30)22(6-8-31-9-7-22)16-5-3-14(24)11-18(16)26/h2-5,10-12H,6-9H2,1H3,(H,27,30). The summed E-state index contributed by atoms with van der Waals surface area (Å²) in [4.78, 5) is 13.3. The summed E-state index contributed by atoms with van der Waals surface area (Å²) in [5, 5.41) is 6.92. The van der Waals surface area contributed by atoms with Crippen molar-refractivity contribution in [3.8, 4) is 11.3 Å². The lowest BCUT2D eigenvalue weighted by Gasteiger charge is -2.36. The van der Waals surface area contributed by atoms with Crippen LogP contribution in [0.2, 0.25) is 0 Å². The Morgan fingerprint density at radius 1 is 1.00 bits per heavy atom. The van der Waals surface area contributed by atoms with Gasteiger partial charge in [-0.25, -0.2) is 17.6 Å². The third-order valence-electron chi connectivity index (χ3n) is 5.56. The summed E-state index contributed by atoms with van der Waals surface area (Å²) in [7, 11) is 1.55. The van der Waals surface area contributed by atoms with Crippen LogP contribution in [0.4, 0.5) is 23.4 Å². The maximum Gasteiger partial charge on any atom is 0.236 e. The fourth-order valence-corrected chi connectivity index (χ4v) is 3.87. The second kappa shape index (κ2) is 8.14. The first-order valence-electron chi connectivity index (χ1n) is 9.64. The highest BCUT2D eigenvalue weighted by atomic mass is 19.1. The zero-order valence-electron chi connectivity index (χ0n) is 16.6. The van der Waals surface area contributed by atoms with Crippen molar-refractivity contribution < 1.29 is 27.1 Å². The van der Waals surface area contributed by atoms with Crippen LogP contribution >= 0.6 is 0 Å². The van der Waals surface area contributed by atoms with E-state index in [-0.39, 0.29) is 48.7 Å². The van der Waals surface area contributed by atoms with Crippen LogP contribution in [-0.2, 0) is 22.0 Å². The second-order valence-electron chi connectivity index (χ2n) is 7.44. The average Bonchev–Trinajstić information content (AvgIpc) is 3.08. The number of hydrogen-bond acceptors (Lipinski definition) is 3. The van der Waals surface area contributed by atoms with Crippen molar-refractivity contribution in [1.82, 2.24) is 9.78 Å². The van der Waals surface area contributed by atoms with Crippen LogP contribution in [0.15, 0.2) is 42.5 Å². The number of carbonyl (C=O) groups is 1. The molecule has 0 saturated carbocycles. The van der Waals surface area contributed by atoms with Crippen LogP contribution < -0.4 is 5.32 Å². The molecule has 9 heteroatoms. The highest BCUT2D eigenvalue weighted by Gasteiger charge is 2.44. The highest BCUT2D eigenvalue weighted by Crippen LogP contribution is 2.38. The van der Waals surface area contributed by atoms with Crippen LogP contribution in [0.3, 0.4) is 0 Å². The minimum atomic E-state index is -1.26. The van der Waals surface area contributed by atoms with Gasteiger partial charge in [0.25, 0.3) is 0 Å². The lowest BCUT2D eigenvalue weighted by molar-refractivity contribution is -0.125. The number of aryl methyl sites for hydroxylation is 1. The molecule has 2 heterocycles. The molecule has 31 heavy (non-hydrogen) atoms. The van der Waals surface area contributed by atoms with Gasteiger partial charge >= 0.3 is 0 Å². The Labute approximate surface area is 175 Å². The summed E-state index contributed by atoms with van der Waals surface area (Å²) in [6, 6.07) is 7.70. The molecule has 0 spiro atoms. The van der Waals surface area contributed by atoms with Gasteiger partial charge in [0.1, 0.15) is 29.1 Å². The second-order valence-corrected chi connectivity index (χ2v) is 7.44. The predicted molar refractivity (Wildman–Crippen MR) is 105 cm³/mol. The molecular formula is C22H19F4N3O2. The third kappa shape index (κ3) is 3.93. The van der Waals surface area contributed by atoms with Gasteiger partial charge in [-0.05, 0) is 31.0 Å². The van der Waals surface area contributed by atoms with Crippen LogP contribution in [0.5, 0.6) is 0 Å². The number of halogens is 4. The maximum absolute atomic E-state index is 14.6. The number of ether oxygens (including phenoxy) is 1. The third-order valence-corrected chi connectivity index (χ3v) is 5.56. The van der Waals surface area contributed by atoms with E-state index in [1.54, 1.807) is 7.05 Å². The van der Waals surface area contributed by atoms with E-state index in [9.17, 15) is 22.4 Å². The fraction of sp³-hybridized carbons (Fsp3) is 0.273. The maximum atomic E-state index is 14.6. The van der Waals surface area contributed by atoms with Gasteiger partial charge < -0.3 is 10.1 Å². The van der Waals surface area contributed by atoms with Crippen LogP contribution in [-0.4, -0.2) is 28.9 Å². The Kier molecular flexibility index (Phi) is 5.53. The number of rotatable bonds is 4. The van der Waals surface area contributed by atoms with E-state index >= 15 is 0 Å². The van der Waals surface area contributed by atoms with Crippen LogP contribution in [0.1, 0.15) is 18.4 Å². The molecule has 4 rings (SSSR count). The summed E-state index contributed by atoms with van der Waals surface area (Å²) in [5.41, 5.74) is -0.907. The molecule has 1 saturated heterocycles. The number of nitrogens with zero attached hydrogens (tertiary/aromatic N) is 2. The van der Waals surface area contributed by atoms with E-state index in [4.69, 9.17) is 4.74 Å². The molecule has 5 nitrogen and oxygen atoms in total. The molecule has 1 aliphatic rings. The first-order chi connectivity index (χ1) is 14.8. The smallest absolute Gasteiger partial charge is 0.236 e. The van der Waals surface area contributed by atoms with Crippen molar-refractivity contribution >= 4 is 11.7 Å². The largest absolute Gasteiger partial charge is 0.381 e. The molecule has 162 valence electrons. The molecule has 1 N–H and O–H groups in total. The van der Waals surface area contributed by atoms with Crippen LogP contribution in [0.25, 0.3) is 11.3 Å². The summed E-state index contributed by atoms with van der Waals surface area (Å²) in [5.74, 6) is -3.30. The van der Waals surface area contributed by atoms with E-state index in [1.165, 1.54) is 22.9 Å². The molecule has 1 aromatic heterocycles. The van der Waals surface area contributed by atoms with Gasteiger partial charge in [-0.2, -0.15) is 5.10 Å². The van der Waals surface area contributed by atoms with Gasteiger partial charge in [0.2, 0.25) is 5.91 Å². The molecule has 1 aliphatic heterocycles. The fourth-order valence-electron chi connectivity index (χ4n) is 3.87. The quantitative estimate of drug-likeness (QED) is 0.624. The zero-order chi connectivity index (χ0) is 22.2. The monoisotopic (exact) mass is 433 g/mol. The number of nitrogens with one attached hydrogen (secondary N) is 1. The first-order valence-corrected chi connectivity index (χ1v) is 9.64. The number of benzene rings is 2. The minimum absolute atomic E-state index is 0.0721. The van der Waals surface area contributed by atoms with E-state index in [1.807, 2.05) is 0 Å². The van der Waals surface area contributed by atoms with Crippen molar-refractivity contribution in [2.24, 2.45) is 7.05 Å². The van der Waals surface area contributed by atoms with Gasteiger partial charge in [0.15, 0.2) is 0 Å². The average molecular weight is 433 g/mol. The topological polar surface area (TPSA) is 56.2 Å². The van der Waals surface area contributed by atoms with Gasteiger partial charge in [-0.15, -0.1) is 0 Å². The summed E-state index contributed by atoms with van der Waals surface area (Å²) in [6.45, 7) is 0.476. The van der Waals surface area contributed by atoms with E-state index in [0.29, 0.717) is 0 Å². The molecule has 0 bridgehead atoms. The van der Waals surface area contributed by atoms with Gasteiger partial charge in [0.05, 0.1) is 11.1 Å². The van der Waals surface area contributed by atoms with Gasteiger partial charge in [0, 0.05) is 49.6 Å². The molecule has 1 amide bonds.